The number of anilines is 1. The first-order chi connectivity index (χ1) is 13.7. The van der Waals surface area contributed by atoms with Crippen molar-refractivity contribution < 1.29 is 13.2 Å². The smallest absolute Gasteiger partial charge is 0.243 e. The second-order valence-corrected chi connectivity index (χ2v) is 9.80. The molecule has 2 aromatic carbocycles. The van der Waals surface area contributed by atoms with Crippen molar-refractivity contribution >= 4 is 34.0 Å². The van der Waals surface area contributed by atoms with E-state index in [-0.39, 0.29) is 29.3 Å². The van der Waals surface area contributed by atoms with E-state index in [2.05, 4.69) is 0 Å². The minimum atomic E-state index is -3.67. The van der Waals surface area contributed by atoms with Crippen LogP contribution in [-0.2, 0) is 27.8 Å². The first kappa shape index (κ1) is 24.3. The van der Waals surface area contributed by atoms with Gasteiger partial charge in [-0.15, -0.1) is 12.4 Å². The summed E-state index contributed by atoms with van der Waals surface area (Å²) >= 11 is 0. The monoisotopic (exact) mass is 451 g/mol. The van der Waals surface area contributed by atoms with Crippen molar-refractivity contribution in [1.82, 2.24) is 9.21 Å². The highest BCUT2D eigenvalue weighted by Gasteiger charge is 2.32. The van der Waals surface area contributed by atoms with E-state index < -0.39 is 10.0 Å². The van der Waals surface area contributed by atoms with Gasteiger partial charge in [0.05, 0.1) is 4.90 Å². The molecule has 1 aliphatic heterocycles. The molecule has 0 fully saturated rings. The number of sulfonamides is 1. The van der Waals surface area contributed by atoms with E-state index in [0.717, 1.165) is 16.8 Å². The molecule has 6 nitrogen and oxygen atoms in total. The second-order valence-electron chi connectivity index (χ2n) is 7.86. The molecule has 0 aromatic heterocycles. The van der Waals surface area contributed by atoms with Crippen LogP contribution in [0.15, 0.2) is 53.4 Å². The zero-order valence-electron chi connectivity index (χ0n) is 17.9. The zero-order valence-corrected chi connectivity index (χ0v) is 19.5. The molecule has 0 bridgehead atoms. The molecule has 1 atom stereocenters. The largest absolute Gasteiger partial charge is 0.309 e. The van der Waals surface area contributed by atoms with Gasteiger partial charge in [-0.3, -0.25) is 4.79 Å². The highest BCUT2D eigenvalue weighted by atomic mass is 35.5. The van der Waals surface area contributed by atoms with E-state index in [1.54, 1.807) is 30.0 Å². The lowest BCUT2D eigenvalue weighted by Crippen LogP contribution is -2.36. The van der Waals surface area contributed by atoms with Crippen molar-refractivity contribution in [1.29, 1.82) is 0 Å². The molecule has 2 aromatic rings. The summed E-state index contributed by atoms with van der Waals surface area (Å²) in [5.41, 5.74) is 2.67. The third kappa shape index (κ3) is 5.21. The van der Waals surface area contributed by atoms with Gasteiger partial charge in [-0.2, -0.15) is 4.31 Å². The van der Waals surface area contributed by atoms with Gasteiger partial charge in [0.15, 0.2) is 0 Å². The number of carbonyl (C=O) groups excluding carboxylic acids is 1. The maximum absolute atomic E-state index is 13.5. The van der Waals surface area contributed by atoms with Gasteiger partial charge < -0.3 is 9.80 Å². The molecule has 1 aliphatic rings. The van der Waals surface area contributed by atoms with Crippen LogP contribution in [0.5, 0.6) is 0 Å². The second kappa shape index (κ2) is 9.92. The third-order valence-electron chi connectivity index (χ3n) is 5.24. The van der Waals surface area contributed by atoms with Gasteiger partial charge in [-0.25, -0.2) is 8.42 Å². The highest BCUT2D eigenvalue weighted by molar-refractivity contribution is 7.89. The molecule has 164 valence electrons. The Morgan fingerprint density at radius 3 is 2.37 bits per heavy atom. The number of nitrogens with zero attached hydrogens (tertiary/aromatic N) is 3. The van der Waals surface area contributed by atoms with E-state index in [0.29, 0.717) is 26.1 Å². The topological polar surface area (TPSA) is 60.9 Å². The first-order valence-electron chi connectivity index (χ1n) is 9.81. The number of hydrogen-bond donors (Lipinski definition) is 0. The summed E-state index contributed by atoms with van der Waals surface area (Å²) in [6, 6.07) is 14.8. The average Bonchev–Trinajstić information content (AvgIpc) is 3.00. The van der Waals surface area contributed by atoms with Gasteiger partial charge in [0.1, 0.15) is 0 Å². The number of amides is 1. The molecule has 0 spiro atoms. The zero-order chi connectivity index (χ0) is 21.2. The fraction of sp³-hybridized carbons (Fsp3) is 0.409. The molecule has 0 aliphatic carbocycles. The Balaban J connectivity index is 0.00000320. The van der Waals surface area contributed by atoms with Crippen LogP contribution in [-0.4, -0.2) is 56.8 Å². The summed E-state index contributed by atoms with van der Waals surface area (Å²) in [5.74, 6) is -0.0245. The summed E-state index contributed by atoms with van der Waals surface area (Å²) in [6.45, 7) is 4.88. The molecule has 30 heavy (non-hydrogen) atoms. The van der Waals surface area contributed by atoms with Gasteiger partial charge in [0, 0.05) is 38.3 Å². The number of likely N-dealkylation sites (N-methyl/N-ethyl adjacent to an activating group) is 1. The minimum absolute atomic E-state index is 0. The number of benzene rings is 2. The number of fused-ring (bicyclic) bond motifs is 1. The Labute approximate surface area is 185 Å². The van der Waals surface area contributed by atoms with Crippen LogP contribution in [0.1, 0.15) is 25.0 Å². The van der Waals surface area contributed by atoms with Crippen molar-refractivity contribution in [2.24, 2.45) is 0 Å². The Hall–Kier alpha value is -1.93. The lowest BCUT2D eigenvalue weighted by molar-refractivity contribution is -0.116. The molecule has 0 saturated carbocycles. The van der Waals surface area contributed by atoms with Crippen molar-refractivity contribution in [2.75, 3.05) is 32.1 Å². The summed E-state index contributed by atoms with van der Waals surface area (Å²) < 4.78 is 28.5. The molecule has 1 unspecified atom stereocenters. The van der Waals surface area contributed by atoms with Crippen LogP contribution in [0.3, 0.4) is 0 Å². The SMILES string of the molecule is CC(=O)N1c2ccc(S(=O)(=O)N(CCN(C)C)Cc3ccccc3)cc2CC1C.Cl. The van der Waals surface area contributed by atoms with Crippen LogP contribution in [0.25, 0.3) is 0 Å². The Bertz CT molecular complexity index is 980. The Kier molecular flexibility index (Phi) is 8.05. The maximum atomic E-state index is 13.5. The van der Waals surface area contributed by atoms with Crippen molar-refractivity contribution in [2.45, 2.75) is 37.8 Å². The Morgan fingerprint density at radius 1 is 1.10 bits per heavy atom. The van der Waals surface area contributed by atoms with Gasteiger partial charge in [0.25, 0.3) is 0 Å². The van der Waals surface area contributed by atoms with E-state index in [9.17, 15) is 13.2 Å². The van der Waals surface area contributed by atoms with Crippen LogP contribution in [0.2, 0.25) is 0 Å². The van der Waals surface area contributed by atoms with Crippen molar-refractivity contribution in [3.05, 3.63) is 59.7 Å². The molecule has 0 saturated heterocycles. The molecule has 3 rings (SSSR count). The number of carbonyl (C=O) groups is 1. The lowest BCUT2D eigenvalue weighted by atomic mass is 10.1. The van der Waals surface area contributed by atoms with Crippen LogP contribution in [0.4, 0.5) is 5.69 Å². The standard InChI is InChI=1S/C22H29N3O3S.ClH/c1-17-14-20-15-21(10-11-22(20)25(17)18(2)26)29(27,28)24(13-12-23(3)4)16-19-8-6-5-7-9-19;/h5-11,15,17H,12-14,16H2,1-4H3;1H. The van der Waals surface area contributed by atoms with Gasteiger partial charge >= 0.3 is 0 Å². The normalized spacial score (nSPS) is 15.9. The summed E-state index contributed by atoms with van der Waals surface area (Å²) in [7, 11) is 0.194. The first-order valence-corrected chi connectivity index (χ1v) is 11.3. The van der Waals surface area contributed by atoms with E-state index in [1.807, 2.05) is 56.3 Å². The van der Waals surface area contributed by atoms with E-state index in [4.69, 9.17) is 0 Å². The summed E-state index contributed by atoms with van der Waals surface area (Å²) in [6.07, 6.45) is 0.661. The van der Waals surface area contributed by atoms with Crippen LogP contribution < -0.4 is 4.90 Å². The molecule has 1 heterocycles. The van der Waals surface area contributed by atoms with Crippen LogP contribution >= 0.6 is 12.4 Å². The minimum Gasteiger partial charge on any atom is -0.309 e. The van der Waals surface area contributed by atoms with Crippen LogP contribution in [0, 0.1) is 0 Å². The predicted molar refractivity (Wildman–Crippen MR) is 123 cm³/mol. The number of halogens is 1. The summed E-state index contributed by atoms with van der Waals surface area (Å²) in [5, 5.41) is 0. The average molecular weight is 452 g/mol. The van der Waals surface area contributed by atoms with E-state index in [1.165, 1.54) is 4.31 Å². The van der Waals surface area contributed by atoms with E-state index >= 15 is 0 Å². The molecule has 1 amide bonds. The van der Waals surface area contributed by atoms with Crippen molar-refractivity contribution in [3.63, 3.8) is 0 Å². The number of rotatable bonds is 7. The molecule has 0 radical (unpaired) electrons. The van der Waals surface area contributed by atoms with Gasteiger partial charge in [-0.05, 0) is 56.8 Å². The summed E-state index contributed by atoms with van der Waals surface area (Å²) in [4.78, 5) is 15.9. The number of hydrogen-bond acceptors (Lipinski definition) is 4. The lowest BCUT2D eigenvalue weighted by Gasteiger charge is -2.24. The fourth-order valence-electron chi connectivity index (χ4n) is 3.78. The molecular weight excluding hydrogens is 422 g/mol. The highest BCUT2D eigenvalue weighted by Crippen LogP contribution is 2.34. The predicted octanol–water partition coefficient (Wildman–Crippen LogP) is 3.16. The maximum Gasteiger partial charge on any atom is 0.243 e. The Morgan fingerprint density at radius 2 is 1.77 bits per heavy atom. The molecule has 0 N–H and O–H groups in total. The van der Waals surface area contributed by atoms with Gasteiger partial charge in [-0.1, -0.05) is 30.3 Å². The van der Waals surface area contributed by atoms with Crippen molar-refractivity contribution in [3.8, 4) is 0 Å². The molecule has 8 heteroatoms. The third-order valence-corrected chi connectivity index (χ3v) is 7.08. The fourth-order valence-corrected chi connectivity index (χ4v) is 5.25. The molecular formula is C22H30ClN3O3S. The van der Waals surface area contributed by atoms with Gasteiger partial charge in [0.2, 0.25) is 15.9 Å². The quantitative estimate of drug-likeness (QED) is 0.648.